The molecule has 3 aromatic rings. The maximum atomic E-state index is 12.4. The van der Waals surface area contributed by atoms with Crippen LogP contribution in [0.5, 0.6) is 0 Å². The summed E-state index contributed by atoms with van der Waals surface area (Å²) in [6.45, 7) is 1.63. The van der Waals surface area contributed by atoms with Crippen LogP contribution in [0.25, 0.3) is 10.9 Å². The third-order valence-electron chi connectivity index (χ3n) is 5.40. The first-order chi connectivity index (χ1) is 14.7. The van der Waals surface area contributed by atoms with Gasteiger partial charge in [-0.1, -0.05) is 12.1 Å². The standard InChI is InChI=1S/C21H23N7O2/c22-9-5-15-6-10-28(11-7-15)21-25-17-13-23-27-20(30)18(17)19(26-21)24-16-3-1-14(2-4-16)8-12-29/h1-4,13,15,29H,5-8,10-12H2,(H,27,30)(H,24,25,26). The zero-order valence-corrected chi connectivity index (χ0v) is 16.5. The molecule has 1 aliphatic heterocycles. The lowest BCUT2D eigenvalue weighted by Crippen LogP contribution is -2.35. The second kappa shape index (κ2) is 8.88. The van der Waals surface area contributed by atoms with Gasteiger partial charge in [0.2, 0.25) is 5.95 Å². The minimum Gasteiger partial charge on any atom is -0.396 e. The summed E-state index contributed by atoms with van der Waals surface area (Å²) in [4.78, 5) is 23.7. The average molecular weight is 405 g/mol. The number of hydrogen-bond donors (Lipinski definition) is 3. The van der Waals surface area contributed by atoms with Crippen molar-refractivity contribution in [2.24, 2.45) is 5.92 Å². The van der Waals surface area contributed by atoms with Gasteiger partial charge in [-0.05, 0) is 42.9 Å². The molecule has 1 aromatic carbocycles. The first-order valence-electron chi connectivity index (χ1n) is 10.0. The molecule has 9 heteroatoms. The van der Waals surface area contributed by atoms with Crippen molar-refractivity contribution in [1.29, 1.82) is 5.26 Å². The quantitative estimate of drug-likeness (QED) is 0.568. The van der Waals surface area contributed by atoms with E-state index >= 15 is 0 Å². The molecule has 0 unspecified atom stereocenters. The number of nitrogens with one attached hydrogen (secondary N) is 2. The van der Waals surface area contributed by atoms with Gasteiger partial charge in [-0.25, -0.2) is 10.1 Å². The van der Waals surface area contributed by atoms with Crippen LogP contribution in [0.2, 0.25) is 0 Å². The molecule has 154 valence electrons. The summed E-state index contributed by atoms with van der Waals surface area (Å²) >= 11 is 0. The Kier molecular flexibility index (Phi) is 5.86. The van der Waals surface area contributed by atoms with E-state index < -0.39 is 0 Å². The Bertz CT molecular complexity index is 1110. The minimum atomic E-state index is -0.355. The third-order valence-corrected chi connectivity index (χ3v) is 5.40. The molecule has 1 fully saturated rings. The van der Waals surface area contributed by atoms with Crippen LogP contribution >= 0.6 is 0 Å². The highest BCUT2D eigenvalue weighted by atomic mass is 16.3. The van der Waals surface area contributed by atoms with E-state index in [0.717, 1.165) is 37.2 Å². The molecule has 1 aliphatic rings. The number of nitriles is 1. The van der Waals surface area contributed by atoms with E-state index in [9.17, 15) is 4.79 Å². The van der Waals surface area contributed by atoms with Gasteiger partial charge in [0.05, 0.1) is 12.3 Å². The van der Waals surface area contributed by atoms with Crippen LogP contribution in [0.3, 0.4) is 0 Å². The molecule has 3 heterocycles. The van der Waals surface area contributed by atoms with Gasteiger partial charge in [-0.15, -0.1) is 0 Å². The molecular formula is C21H23N7O2. The van der Waals surface area contributed by atoms with Gasteiger partial charge < -0.3 is 15.3 Å². The number of piperidine rings is 1. The molecule has 0 aliphatic carbocycles. The fourth-order valence-corrected chi connectivity index (χ4v) is 3.71. The summed E-state index contributed by atoms with van der Waals surface area (Å²) in [6, 6.07) is 9.88. The number of aromatic nitrogens is 4. The van der Waals surface area contributed by atoms with Crippen LogP contribution in [0, 0.1) is 17.2 Å². The van der Waals surface area contributed by atoms with Gasteiger partial charge in [-0.2, -0.15) is 15.3 Å². The number of fused-ring (bicyclic) bond motifs is 1. The summed E-state index contributed by atoms with van der Waals surface area (Å²) in [5.41, 5.74) is 1.93. The van der Waals surface area contributed by atoms with Crippen molar-refractivity contribution in [3.8, 4) is 6.07 Å². The Morgan fingerprint density at radius 3 is 2.70 bits per heavy atom. The highest BCUT2D eigenvalue weighted by Crippen LogP contribution is 2.27. The Morgan fingerprint density at radius 2 is 2.00 bits per heavy atom. The van der Waals surface area contributed by atoms with Crippen LogP contribution in [-0.2, 0) is 6.42 Å². The number of hydrogen-bond acceptors (Lipinski definition) is 8. The summed E-state index contributed by atoms with van der Waals surface area (Å²) in [5.74, 6) is 1.38. The molecule has 0 spiro atoms. The number of nitrogens with zero attached hydrogens (tertiary/aromatic N) is 5. The molecule has 0 radical (unpaired) electrons. The summed E-state index contributed by atoms with van der Waals surface area (Å²) in [7, 11) is 0. The van der Waals surface area contributed by atoms with Crippen molar-refractivity contribution in [1.82, 2.24) is 20.2 Å². The topological polar surface area (TPSA) is 131 Å². The smallest absolute Gasteiger partial charge is 0.277 e. The molecule has 3 N–H and O–H groups in total. The highest BCUT2D eigenvalue weighted by molar-refractivity contribution is 5.90. The summed E-state index contributed by atoms with van der Waals surface area (Å²) < 4.78 is 0. The number of H-pyrrole nitrogens is 1. The van der Waals surface area contributed by atoms with Crippen molar-refractivity contribution in [2.45, 2.75) is 25.7 Å². The number of aliphatic hydroxyl groups is 1. The van der Waals surface area contributed by atoms with E-state index in [4.69, 9.17) is 10.4 Å². The molecule has 4 rings (SSSR count). The largest absolute Gasteiger partial charge is 0.396 e. The molecule has 0 saturated carbocycles. The molecule has 1 saturated heterocycles. The minimum absolute atomic E-state index is 0.0973. The second-order valence-corrected chi connectivity index (χ2v) is 7.42. The number of aromatic amines is 1. The monoisotopic (exact) mass is 405 g/mol. The summed E-state index contributed by atoms with van der Waals surface area (Å²) in [5, 5.41) is 27.9. The maximum Gasteiger partial charge on any atom is 0.277 e. The number of aliphatic hydroxyl groups excluding tert-OH is 1. The lowest BCUT2D eigenvalue weighted by molar-refractivity contribution is 0.299. The van der Waals surface area contributed by atoms with Crippen LogP contribution in [0.1, 0.15) is 24.8 Å². The Labute approximate surface area is 173 Å². The second-order valence-electron chi connectivity index (χ2n) is 7.42. The van der Waals surface area contributed by atoms with E-state index in [1.807, 2.05) is 24.3 Å². The van der Waals surface area contributed by atoms with Gasteiger partial charge in [-0.3, -0.25) is 4.79 Å². The molecule has 9 nitrogen and oxygen atoms in total. The van der Waals surface area contributed by atoms with E-state index in [2.05, 4.69) is 36.5 Å². The first kappa shape index (κ1) is 19.8. The fraction of sp³-hybridized carbons (Fsp3) is 0.381. The third kappa shape index (κ3) is 4.23. The predicted octanol–water partition coefficient (Wildman–Crippen LogP) is 2.12. The number of benzene rings is 1. The van der Waals surface area contributed by atoms with Crippen LogP contribution in [-0.4, -0.2) is 45.0 Å². The average Bonchev–Trinajstić information content (AvgIpc) is 2.76. The van der Waals surface area contributed by atoms with Gasteiger partial charge in [0.1, 0.15) is 16.7 Å². The molecular weight excluding hydrogens is 382 g/mol. The molecule has 0 bridgehead atoms. The van der Waals surface area contributed by atoms with Crippen LogP contribution < -0.4 is 15.8 Å². The zero-order chi connectivity index (χ0) is 20.9. The lowest BCUT2D eigenvalue weighted by atomic mass is 9.94. The van der Waals surface area contributed by atoms with Crippen molar-refractivity contribution < 1.29 is 5.11 Å². The van der Waals surface area contributed by atoms with Gasteiger partial charge in [0, 0.05) is 31.8 Å². The van der Waals surface area contributed by atoms with Crippen molar-refractivity contribution in [3.63, 3.8) is 0 Å². The van der Waals surface area contributed by atoms with Gasteiger partial charge in [0.25, 0.3) is 5.56 Å². The molecule has 30 heavy (non-hydrogen) atoms. The molecule has 2 aromatic heterocycles. The van der Waals surface area contributed by atoms with Gasteiger partial charge >= 0.3 is 0 Å². The van der Waals surface area contributed by atoms with Crippen LogP contribution in [0.4, 0.5) is 17.5 Å². The SMILES string of the molecule is N#CCC1CCN(c2nc(Nc3ccc(CCO)cc3)c3c(=O)[nH]ncc3n2)CC1. The number of rotatable bonds is 6. The maximum absolute atomic E-state index is 12.4. The normalized spacial score (nSPS) is 14.6. The zero-order valence-electron chi connectivity index (χ0n) is 16.5. The van der Waals surface area contributed by atoms with E-state index in [-0.39, 0.29) is 12.2 Å². The van der Waals surface area contributed by atoms with Crippen LogP contribution in [0.15, 0.2) is 35.3 Å². The highest BCUT2D eigenvalue weighted by Gasteiger charge is 2.22. The van der Waals surface area contributed by atoms with E-state index in [1.165, 1.54) is 6.20 Å². The van der Waals surface area contributed by atoms with Crippen molar-refractivity contribution in [3.05, 3.63) is 46.4 Å². The molecule has 0 amide bonds. The van der Waals surface area contributed by atoms with E-state index in [0.29, 0.717) is 41.4 Å². The van der Waals surface area contributed by atoms with E-state index in [1.54, 1.807) is 0 Å². The predicted molar refractivity (Wildman–Crippen MR) is 114 cm³/mol. The lowest BCUT2D eigenvalue weighted by Gasteiger charge is -2.31. The Balaban J connectivity index is 1.66. The number of anilines is 3. The van der Waals surface area contributed by atoms with Crippen molar-refractivity contribution >= 4 is 28.4 Å². The van der Waals surface area contributed by atoms with Gasteiger partial charge in [0.15, 0.2) is 0 Å². The Hall–Kier alpha value is -3.51. The van der Waals surface area contributed by atoms with Crippen molar-refractivity contribution in [2.75, 3.05) is 29.9 Å². The Morgan fingerprint density at radius 1 is 1.23 bits per heavy atom. The summed E-state index contributed by atoms with van der Waals surface area (Å²) in [6.07, 6.45) is 4.52. The molecule has 0 atom stereocenters. The first-order valence-corrected chi connectivity index (χ1v) is 10.0. The fourth-order valence-electron chi connectivity index (χ4n) is 3.71.